The average Bonchev–Trinajstić information content (AvgIpc) is 3.37. The average molecular weight is 509 g/mol. The number of hydrogen-bond donors (Lipinski definition) is 1. The fourth-order valence-electron chi connectivity index (χ4n) is 3.95. The maximum atomic E-state index is 13.3. The highest BCUT2D eigenvalue weighted by Gasteiger charge is 2.30. The highest BCUT2D eigenvalue weighted by atomic mass is 19.4. The van der Waals surface area contributed by atoms with Gasteiger partial charge in [-0.3, -0.25) is 14.7 Å². The number of aromatic nitrogens is 2. The predicted octanol–water partition coefficient (Wildman–Crippen LogP) is 5.82. The Morgan fingerprint density at radius 3 is 2.54 bits per heavy atom. The van der Waals surface area contributed by atoms with E-state index in [2.05, 4.69) is 15.3 Å². The van der Waals surface area contributed by atoms with E-state index >= 15 is 0 Å². The normalized spacial score (nSPS) is 12.5. The quantitative estimate of drug-likeness (QED) is 0.292. The third-order valence-electron chi connectivity index (χ3n) is 5.99. The van der Waals surface area contributed by atoms with Crippen LogP contribution in [0.5, 0.6) is 0 Å². The van der Waals surface area contributed by atoms with Crippen LogP contribution < -0.4 is 5.32 Å². The van der Waals surface area contributed by atoms with Crippen molar-refractivity contribution in [1.82, 2.24) is 20.2 Å². The number of benzene rings is 2. The molecule has 0 fully saturated rings. The van der Waals surface area contributed by atoms with Crippen LogP contribution in [0.1, 0.15) is 51.7 Å². The number of carbonyl (C=O) groups is 1. The molecule has 4 aromatic rings. The molecule has 2 aromatic heterocycles. The second-order valence-corrected chi connectivity index (χ2v) is 8.64. The summed E-state index contributed by atoms with van der Waals surface area (Å²) >= 11 is 0. The lowest BCUT2D eigenvalue weighted by Gasteiger charge is -2.28. The fourth-order valence-corrected chi connectivity index (χ4v) is 3.95. The van der Waals surface area contributed by atoms with Gasteiger partial charge in [0.15, 0.2) is 5.69 Å². The van der Waals surface area contributed by atoms with Crippen LogP contribution in [0.15, 0.2) is 89.7 Å². The number of rotatable bonds is 10. The minimum Gasteiger partial charge on any atom is -0.447 e. The highest BCUT2D eigenvalue weighted by molar-refractivity contribution is 5.91. The zero-order valence-corrected chi connectivity index (χ0v) is 20.3. The zero-order chi connectivity index (χ0) is 26.3. The van der Waals surface area contributed by atoms with Gasteiger partial charge in [0.05, 0.1) is 12.1 Å². The number of nitrogens with one attached hydrogen (secondary N) is 1. The van der Waals surface area contributed by atoms with E-state index in [-0.39, 0.29) is 30.7 Å². The second-order valence-electron chi connectivity index (χ2n) is 8.64. The van der Waals surface area contributed by atoms with Crippen molar-refractivity contribution in [3.05, 3.63) is 119 Å². The van der Waals surface area contributed by atoms with Gasteiger partial charge in [0, 0.05) is 37.4 Å². The molecule has 1 N–H and O–H groups in total. The standard InChI is InChI=1S/C28H27F3N4O2/c1-20(22-9-3-2-4-10-22)35(17-21-8-7-11-23(16-21)28(29,30)31)18-26-34-25(19-37-26)27(36)33-15-13-24-12-5-6-14-32-24/h2-12,14,16,19-20H,13,15,17-18H2,1H3,(H,33,36). The molecule has 0 aliphatic heterocycles. The first-order valence-electron chi connectivity index (χ1n) is 11.9. The van der Waals surface area contributed by atoms with E-state index in [1.165, 1.54) is 12.3 Å². The molecule has 37 heavy (non-hydrogen) atoms. The summed E-state index contributed by atoms with van der Waals surface area (Å²) in [5, 5.41) is 2.80. The van der Waals surface area contributed by atoms with E-state index in [4.69, 9.17) is 4.42 Å². The SMILES string of the molecule is CC(c1ccccc1)N(Cc1cccc(C(F)(F)F)c1)Cc1nc(C(=O)NCCc2ccccn2)co1. The number of alkyl halides is 3. The Labute approximate surface area is 213 Å². The van der Waals surface area contributed by atoms with Crippen molar-refractivity contribution in [2.45, 2.75) is 38.7 Å². The van der Waals surface area contributed by atoms with Crippen molar-refractivity contribution >= 4 is 5.91 Å². The van der Waals surface area contributed by atoms with Crippen molar-refractivity contribution < 1.29 is 22.4 Å². The molecule has 2 aromatic carbocycles. The van der Waals surface area contributed by atoms with Gasteiger partial charge in [0.25, 0.3) is 5.91 Å². The lowest BCUT2D eigenvalue weighted by molar-refractivity contribution is -0.137. The maximum absolute atomic E-state index is 13.3. The molecule has 0 radical (unpaired) electrons. The molecule has 192 valence electrons. The summed E-state index contributed by atoms with van der Waals surface area (Å²) in [6, 6.07) is 20.4. The van der Waals surface area contributed by atoms with Gasteiger partial charge in [-0.2, -0.15) is 13.2 Å². The van der Waals surface area contributed by atoms with Crippen molar-refractivity contribution in [1.29, 1.82) is 0 Å². The number of amides is 1. The smallest absolute Gasteiger partial charge is 0.416 e. The highest BCUT2D eigenvalue weighted by Crippen LogP contribution is 2.31. The molecule has 4 rings (SSSR count). The Bertz CT molecular complexity index is 1290. The Hall–Kier alpha value is -3.98. The zero-order valence-electron chi connectivity index (χ0n) is 20.3. The number of oxazole rings is 1. The lowest BCUT2D eigenvalue weighted by Crippen LogP contribution is -2.27. The van der Waals surface area contributed by atoms with Crippen LogP contribution in [0.25, 0.3) is 0 Å². The van der Waals surface area contributed by atoms with E-state index in [1.54, 1.807) is 12.3 Å². The first-order valence-corrected chi connectivity index (χ1v) is 11.9. The molecule has 1 atom stereocenters. The van der Waals surface area contributed by atoms with E-state index in [9.17, 15) is 18.0 Å². The molecule has 0 aliphatic rings. The molecule has 0 spiro atoms. The minimum atomic E-state index is -4.42. The largest absolute Gasteiger partial charge is 0.447 e. The molecule has 9 heteroatoms. The first-order chi connectivity index (χ1) is 17.8. The van der Waals surface area contributed by atoms with Crippen LogP contribution in [0.3, 0.4) is 0 Å². The van der Waals surface area contributed by atoms with Crippen molar-refractivity contribution in [3.63, 3.8) is 0 Å². The third-order valence-corrected chi connectivity index (χ3v) is 5.99. The maximum Gasteiger partial charge on any atom is 0.416 e. The predicted molar refractivity (Wildman–Crippen MR) is 132 cm³/mol. The van der Waals surface area contributed by atoms with Crippen LogP contribution in [0.2, 0.25) is 0 Å². The summed E-state index contributed by atoms with van der Waals surface area (Å²) in [5.41, 5.74) is 1.81. The molecule has 6 nitrogen and oxygen atoms in total. The summed E-state index contributed by atoms with van der Waals surface area (Å²) in [4.78, 5) is 23.1. The molecular formula is C28H27F3N4O2. The van der Waals surface area contributed by atoms with Crippen LogP contribution >= 0.6 is 0 Å². The van der Waals surface area contributed by atoms with Crippen molar-refractivity contribution in [2.24, 2.45) is 0 Å². The monoisotopic (exact) mass is 508 g/mol. The van der Waals surface area contributed by atoms with Gasteiger partial charge in [-0.25, -0.2) is 4.98 Å². The summed E-state index contributed by atoms with van der Waals surface area (Å²) in [6.07, 6.45) is -0.854. The van der Waals surface area contributed by atoms with Crippen molar-refractivity contribution in [2.75, 3.05) is 6.54 Å². The molecule has 1 unspecified atom stereocenters. The van der Waals surface area contributed by atoms with Gasteiger partial charge in [0.1, 0.15) is 6.26 Å². The van der Waals surface area contributed by atoms with Crippen molar-refractivity contribution in [3.8, 4) is 0 Å². The molecule has 0 saturated heterocycles. The molecule has 2 heterocycles. The van der Waals surface area contributed by atoms with Crippen LogP contribution in [-0.2, 0) is 25.7 Å². The van der Waals surface area contributed by atoms with E-state index in [0.29, 0.717) is 24.4 Å². The minimum absolute atomic E-state index is 0.141. The Balaban J connectivity index is 1.46. The van der Waals surface area contributed by atoms with Crippen LogP contribution in [-0.4, -0.2) is 27.3 Å². The molecule has 0 aliphatic carbocycles. The van der Waals surface area contributed by atoms with Gasteiger partial charge in [-0.15, -0.1) is 0 Å². The van der Waals surface area contributed by atoms with E-state index < -0.39 is 11.7 Å². The summed E-state index contributed by atoms with van der Waals surface area (Å²) < 4.78 is 45.4. The molecular weight excluding hydrogens is 481 g/mol. The second kappa shape index (κ2) is 11.8. The Morgan fingerprint density at radius 1 is 1.03 bits per heavy atom. The van der Waals surface area contributed by atoms with Gasteiger partial charge in [-0.05, 0) is 36.2 Å². The molecule has 1 amide bonds. The fraction of sp³-hybridized carbons (Fsp3) is 0.250. The van der Waals surface area contributed by atoms with E-state index in [0.717, 1.165) is 23.4 Å². The number of nitrogens with zero attached hydrogens (tertiary/aromatic N) is 3. The summed E-state index contributed by atoms with van der Waals surface area (Å²) in [6.45, 7) is 2.80. The third kappa shape index (κ3) is 7.27. The van der Waals surface area contributed by atoms with Crippen LogP contribution in [0, 0.1) is 0 Å². The lowest BCUT2D eigenvalue weighted by atomic mass is 10.0. The molecule has 0 bridgehead atoms. The number of halogens is 3. The topological polar surface area (TPSA) is 71.3 Å². The first kappa shape index (κ1) is 26.1. The van der Waals surface area contributed by atoms with Gasteiger partial charge in [0.2, 0.25) is 5.89 Å². The summed E-state index contributed by atoms with van der Waals surface area (Å²) in [7, 11) is 0. The Kier molecular flexibility index (Phi) is 8.35. The Morgan fingerprint density at radius 2 is 1.81 bits per heavy atom. The number of carbonyl (C=O) groups excluding carboxylic acids is 1. The van der Waals surface area contributed by atoms with Gasteiger partial charge >= 0.3 is 6.18 Å². The van der Waals surface area contributed by atoms with E-state index in [1.807, 2.05) is 60.4 Å². The van der Waals surface area contributed by atoms with Crippen LogP contribution in [0.4, 0.5) is 13.2 Å². The summed E-state index contributed by atoms with van der Waals surface area (Å²) in [5.74, 6) is -0.0731. The van der Waals surface area contributed by atoms with Gasteiger partial charge in [-0.1, -0.05) is 54.6 Å². The number of hydrogen-bond acceptors (Lipinski definition) is 5. The number of pyridine rings is 1. The molecule has 0 saturated carbocycles. The van der Waals surface area contributed by atoms with Gasteiger partial charge < -0.3 is 9.73 Å².